The van der Waals surface area contributed by atoms with E-state index in [2.05, 4.69) is 10.2 Å². The Bertz CT molecular complexity index is 431. The molecule has 92 valence electrons. The molecule has 0 saturated carbocycles. The van der Waals surface area contributed by atoms with Crippen molar-refractivity contribution in [2.75, 3.05) is 23.7 Å². The standard InChI is InChI=1S/C13H19N3O/c1-3-11-13(17)15-6-7-16(11)12-5-4-9(2)8-10(12)14/h4-5,8,11H,3,6-7,14H2,1-2H3,(H,15,17). The van der Waals surface area contributed by atoms with E-state index in [9.17, 15) is 4.79 Å². The van der Waals surface area contributed by atoms with Crippen molar-refractivity contribution in [1.82, 2.24) is 5.32 Å². The highest BCUT2D eigenvalue weighted by molar-refractivity contribution is 5.88. The third-order valence-electron chi connectivity index (χ3n) is 3.21. The van der Waals surface area contributed by atoms with Gasteiger partial charge in [0.1, 0.15) is 6.04 Å². The quantitative estimate of drug-likeness (QED) is 0.757. The highest BCUT2D eigenvalue weighted by Gasteiger charge is 2.28. The summed E-state index contributed by atoms with van der Waals surface area (Å²) in [6, 6.07) is 5.89. The molecule has 1 aromatic carbocycles. The third kappa shape index (κ3) is 2.20. The average molecular weight is 233 g/mol. The van der Waals surface area contributed by atoms with Gasteiger partial charge in [-0.1, -0.05) is 13.0 Å². The van der Waals surface area contributed by atoms with Gasteiger partial charge in [-0.3, -0.25) is 4.79 Å². The Hall–Kier alpha value is -1.71. The molecule has 1 aliphatic rings. The molecule has 2 rings (SSSR count). The predicted octanol–water partition coefficient (Wildman–Crippen LogP) is 1.29. The fraction of sp³-hybridized carbons (Fsp3) is 0.462. The number of rotatable bonds is 2. The Kier molecular flexibility index (Phi) is 3.22. The monoisotopic (exact) mass is 233 g/mol. The SMILES string of the molecule is CCC1C(=O)NCCN1c1ccc(C)cc1N. The lowest BCUT2D eigenvalue weighted by Gasteiger charge is -2.37. The first-order valence-electron chi connectivity index (χ1n) is 6.04. The van der Waals surface area contributed by atoms with E-state index in [0.717, 1.165) is 29.9 Å². The Morgan fingerprint density at radius 1 is 1.53 bits per heavy atom. The molecule has 1 amide bonds. The van der Waals surface area contributed by atoms with Crippen LogP contribution in [0.5, 0.6) is 0 Å². The van der Waals surface area contributed by atoms with Crippen molar-refractivity contribution in [3.05, 3.63) is 23.8 Å². The lowest BCUT2D eigenvalue weighted by atomic mass is 10.1. The van der Waals surface area contributed by atoms with Gasteiger partial charge in [-0.05, 0) is 31.0 Å². The van der Waals surface area contributed by atoms with Crippen molar-refractivity contribution < 1.29 is 4.79 Å². The van der Waals surface area contributed by atoms with Crippen LogP contribution < -0.4 is 16.0 Å². The van der Waals surface area contributed by atoms with E-state index in [4.69, 9.17) is 5.73 Å². The number of anilines is 2. The van der Waals surface area contributed by atoms with E-state index in [0.29, 0.717) is 6.54 Å². The fourth-order valence-electron chi connectivity index (χ4n) is 2.34. The molecule has 0 aliphatic carbocycles. The molecule has 17 heavy (non-hydrogen) atoms. The average Bonchev–Trinajstić information content (AvgIpc) is 2.29. The van der Waals surface area contributed by atoms with Gasteiger partial charge in [0.05, 0.1) is 11.4 Å². The molecule has 1 saturated heterocycles. The molecular weight excluding hydrogens is 214 g/mol. The summed E-state index contributed by atoms with van der Waals surface area (Å²) in [5.41, 5.74) is 8.90. The summed E-state index contributed by atoms with van der Waals surface area (Å²) in [4.78, 5) is 13.9. The van der Waals surface area contributed by atoms with E-state index >= 15 is 0 Å². The van der Waals surface area contributed by atoms with E-state index in [1.807, 2.05) is 32.0 Å². The first kappa shape index (κ1) is 11.8. The van der Waals surface area contributed by atoms with Gasteiger partial charge in [0.2, 0.25) is 5.91 Å². The molecule has 1 unspecified atom stereocenters. The maximum absolute atomic E-state index is 11.8. The molecule has 4 nitrogen and oxygen atoms in total. The molecule has 0 aromatic heterocycles. The second kappa shape index (κ2) is 4.65. The summed E-state index contributed by atoms with van der Waals surface area (Å²) in [6.07, 6.45) is 0.791. The molecule has 3 N–H and O–H groups in total. The minimum Gasteiger partial charge on any atom is -0.397 e. The highest BCUT2D eigenvalue weighted by Crippen LogP contribution is 2.27. The van der Waals surface area contributed by atoms with Crippen molar-refractivity contribution in [2.45, 2.75) is 26.3 Å². The predicted molar refractivity (Wildman–Crippen MR) is 70.0 cm³/mol. The molecular formula is C13H19N3O. The third-order valence-corrected chi connectivity index (χ3v) is 3.21. The minimum atomic E-state index is -0.103. The van der Waals surface area contributed by atoms with Crippen LogP contribution in [0.4, 0.5) is 11.4 Å². The normalized spacial score (nSPS) is 20.2. The second-order valence-corrected chi connectivity index (χ2v) is 4.47. The van der Waals surface area contributed by atoms with Crippen LogP contribution in [0.25, 0.3) is 0 Å². The zero-order valence-corrected chi connectivity index (χ0v) is 10.4. The molecule has 0 radical (unpaired) electrons. The van der Waals surface area contributed by atoms with Gasteiger partial charge < -0.3 is 16.0 Å². The first-order valence-corrected chi connectivity index (χ1v) is 6.04. The number of hydrogen-bond donors (Lipinski definition) is 2. The molecule has 0 bridgehead atoms. The van der Waals surface area contributed by atoms with Gasteiger partial charge in [0, 0.05) is 13.1 Å². The van der Waals surface area contributed by atoms with E-state index in [-0.39, 0.29) is 11.9 Å². The number of carbonyl (C=O) groups excluding carboxylic acids is 1. The fourth-order valence-corrected chi connectivity index (χ4v) is 2.34. The maximum Gasteiger partial charge on any atom is 0.242 e. The molecule has 1 fully saturated rings. The zero-order chi connectivity index (χ0) is 12.4. The number of nitrogen functional groups attached to an aromatic ring is 1. The van der Waals surface area contributed by atoms with Crippen molar-refractivity contribution in [3.63, 3.8) is 0 Å². The number of carbonyl (C=O) groups is 1. The number of nitrogens with two attached hydrogens (primary N) is 1. The number of nitrogens with one attached hydrogen (secondary N) is 1. The Morgan fingerprint density at radius 2 is 2.29 bits per heavy atom. The van der Waals surface area contributed by atoms with Crippen LogP contribution in [0, 0.1) is 6.92 Å². The van der Waals surface area contributed by atoms with Crippen molar-refractivity contribution in [2.24, 2.45) is 0 Å². The van der Waals surface area contributed by atoms with Crippen molar-refractivity contribution in [3.8, 4) is 0 Å². The van der Waals surface area contributed by atoms with Crippen LogP contribution in [-0.2, 0) is 4.79 Å². The summed E-state index contributed by atoms with van der Waals surface area (Å²) < 4.78 is 0. The number of benzene rings is 1. The Balaban J connectivity index is 2.33. The van der Waals surface area contributed by atoms with E-state index in [1.54, 1.807) is 0 Å². The van der Waals surface area contributed by atoms with E-state index < -0.39 is 0 Å². The second-order valence-electron chi connectivity index (χ2n) is 4.47. The zero-order valence-electron chi connectivity index (χ0n) is 10.4. The number of piperazine rings is 1. The Labute approximate surface area is 102 Å². The summed E-state index contributed by atoms with van der Waals surface area (Å²) in [5.74, 6) is 0.0960. The molecule has 1 atom stereocenters. The van der Waals surface area contributed by atoms with Gasteiger partial charge in [-0.2, -0.15) is 0 Å². The smallest absolute Gasteiger partial charge is 0.242 e. The van der Waals surface area contributed by atoms with Crippen molar-refractivity contribution in [1.29, 1.82) is 0 Å². The van der Waals surface area contributed by atoms with Gasteiger partial charge in [0.15, 0.2) is 0 Å². The van der Waals surface area contributed by atoms with Crippen LogP contribution in [0.1, 0.15) is 18.9 Å². The van der Waals surface area contributed by atoms with Gasteiger partial charge in [-0.25, -0.2) is 0 Å². The van der Waals surface area contributed by atoms with Crippen LogP contribution >= 0.6 is 0 Å². The lowest BCUT2D eigenvalue weighted by Crippen LogP contribution is -2.55. The highest BCUT2D eigenvalue weighted by atomic mass is 16.2. The lowest BCUT2D eigenvalue weighted by molar-refractivity contribution is -0.123. The molecule has 4 heteroatoms. The topological polar surface area (TPSA) is 58.4 Å². The van der Waals surface area contributed by atoms with Crippen LogP contribution in [0.15, 0.2) is 18.2 Å². The summed E-state index contributed by atoms with van der Waals surface area (Å²) in [7, 11) is 0. The van der Waals surface area contributed by atoms with Crippen LogP contribution in [0.3, 0.4) is 0 Å². The number of amides is 1. The molecule has 1 aromatic rings. The molecule has 1 aliphatic heterocycles. The van der Waals surface area contributed by atoms with E-state index in [1.165, 1.54) is 0 Å². The maximum atomic E-state index is 11.8. The largest absolute Gasteiger partial charge is 0.397 e. The summed E-state index contributed by atoms with van der Waals surface area (Å²) >= 11 is 0. The summed E-state index contributed by atoms with van der Waals surface area (Å²) in [6.45, 7) is 5.54. The van der Waals surface area contributed by atoms with Crippen LogP contribution in [0.2, 0.25) is 0 Å². The minimum absolute atomic E-state index is 0.0960. The number of nitrogens with zero attached hydrogens (tertiary/aromatic N) is 1. The molecule has 1 heterocycles. The van der Waals surface area contributed by atoms with Gasteiger partial charge >= 0.3 is 0 Å². The number of hydrogen-bond acceptors (Lipinski definition) is 3. The van der Waals surface area contributed by atoms with Crippen LogP contribution in [-0.4, -0.2) is 25.0 Å². The summed E-state index contributed by atoms with van der Waals surface area (Å²) in [5, 5.41) is 2.89. The number of aryl methyl sites for hydroxylation is 1. The van der Waals surface area contributed by atoms with Gasteiger partial charge in [-0.15, -0.1) is 0 Å². The molecule has 0 spiro atoms. The Morgan fingerprint density at radius 3 is 2.94 bits per heavy atom. The first-order chi connectivity index (χ1) is 8.13. The van der Waals surface area contributed by atoms with Crippen molar-refractivity contribution >= 4 is 17.3 Å². The van der Waals surface area contributed by atoms with Gasteiger partial charge in [0.25, 0.3) is 0 Å².